The van der Waals surface area contributed by atoms with Crippen LogP contribution >= 0.6 is 11.3 Å². The van der Waals surface area contributed by atoms with E-state index in [-0.39, 0.29) is 18.1 Å². The molecule has 2 fully saturated rings. The van der Waals surface area contributed by atoms with Gasteiger partial charge < -0.3 is 14.2 Å². The molecule has 3 atom stereocenters. The lowest BCUT2D eigenvalue weighted by molar-refractivity contribution is 0.0199. The minimum Gasteiger partial charge on any atom is -0.363 e. The molecule has 2 saturated heterocycles. The van der Waals surface area contributed by atoms with Crippen molar-refractivity contribution >= 4 is 17.2 Å². The van der Waals surface area contributed by atoms with Crippen molar-refractivity contribution in [2.45, 2.75) is 25.6 Å². The molecule has 0 bridgehead atoms. The smallest absolute Gasteiger partial charge is 0.273 e. The summed E-state index contributed by atoms with van der Waals surface area (Å²) in [5.74, 6) is 1.47. The van der Waals surface area contributed by atoms with Crippen molar-refractivity contribution in [3.63, 3.8) is 0 Å². The predicted molar refractivity (Wildman–Crippen MR) is 72.8 cm³/mol. The Balaban J connectivity index is 1.43. The zero-order chi connectivity index (χ0) is 14.4. The van der Waals surface area contributed by atoms with Gasteiger partial charge in [0.25, 0.3) is 11.8 Å². The van der Waals surface area contributed by atoms with Gasteiger partial charge >= 0.3 is 0 Å². The maximum atomic E-state index is 12.3. The Hall–Kier alpha value is -1.80. The first-order chi connectivity index (χ1) is 10.2. The van der Waals surface area contributed by atoms with Gasteiger partial charge in [-0.1, -0.05) is 5.16 Å². The molecule has 0 unspecified atom stereocenters. The SMILES string of the molecule is Cc1noc([C@@H]2C[C@H]3CN(C(=O)c4cscn4)C[C@H]3O2)n1. The van der Waals surface area contributed by atoms with Crippen molar-refractivity contribution in [1.82, 2.24) is 20.0 Å². The molecule has 0 aliphatic carbocycles. The Morgan fingerprint density at radius 1 is 1.48 bits per heavy atom. The van der Waals surface area contributed by atoms with E-state index in [1.807, 2.05) is 4.90 Å². The van der Waals surface area contributed by atoms with Crippen LogP contribution < -0.4 is 0 Å². The lowest BCUT2D eigenvalue weighted by Crippen LogP contribution is -2.31. The van der Waals surface area contributed by atoms with E-state index in [0.29, 0.717) is 36.4 Å². The summed E-state index contributed by atoms with van der Waals surface area (Å²) < 4.78 is 11.1. The number of hydrogen-bond acceptors (Lipinski definition) is 7. The van der Waals surface area contributed by atoms with Crippen molar-refractivity contribution < 1.29 is 14.1 Å². The van der Waals surface area contributed by atoms with Gasteiger partial charge in [-0.3, -0.25) is 4.79 Å². The maximum absolute atomic E-state index is 12.3. The molecule has 2 aromatic heterocycles. The van der Waals surface area contributed by atoms with Crippen LogP contribution in [-0.2, 0) is 4.74 Å². The molecule has 2 aromatic rings. The van der Waals surface area contributed by atoms with Crippen molar-refractivity contribution in [1.29, 1.82) is 0 Å². The van der Waals surface area contributed by atoms with E-state index >= 15 is 0 Å². The quantitative estimate of drug-likeness (QED) is 0.835. The van der Waals surface area contributed by atoms with E-state index in [1.165, 1.54) is 11.3 Å². The molecule has 4 rings (SSSR count). The lowest BCUT2D eigenvalue weighted by atomic mass is 10.0. The second-order valence-electron chi connectivity index (χ2n) is 5.42. The van der Waals surface area contributed by atoms with E-state index in [4.69, 9.17) is 9.26 Å². The highest BCUT2D eigenvalue weighted by Gasteiger charge is 2.45. The number of rotatable bonds is 2. The second kappa shape index (κ2) is 4.88. The number of amides is 1. The first kappa shape index (κ1) is 12.9. The Bertz CT molecular complexity index is 642. The van der Waals surface area contributed by atoms with Gasteiger partial charge in [0.15, 0.2) is 5.82 Å². The minimum absolute atomic E-state index is 0.0144. The topological polar surface area (TPSA) is 81.4 Å². The molecule has 0 radical (unpaired) electrons. The summed E-state index contributed by atoms with van der Waals surface area (Å²) in [5, 5.41) is 5.57. The van der Waals surface area contributed by atoms with Crippen LogP contribution in [0.5, 0.6) is 0 Å². The molecule has 7 nitrogen and oxygen atoms in total. The van der Waals surface area contributed by atoms with Crippen molar-refractivity contribution in [3.8, 4) is 0 Å². The first-order valence-corrected chi connectivity index (χ1v) is 7.78. The number of nitrogens with zero attached hydrogens (tertiary/aromatic N) is 4. The fourth-order valence-corrected chi connectivity index (χ4v) is 3.54. The molecule has 2 aliphatic rings. The van der Waals surface area contributed by atoms with E-state index in [2.05, 4.69) is 15.1 Å². The van der Waals surface area contributed by atoms with Crippen LogP contribution in [0.1, 0.15) is 34.7 Å². The van der Waals surface area contributed by atoms with Gasteiger partial charge in [-0.05, 0) is 13.3 Å². The number of aryl methyl sites for hydroxylation is 1. The van der Waals surface area contributed by atoms with Crippen LogP contribution in [0.2, 0.25) is 0 Å². The zero-order valence-corrected chi connectivity index (χ0v) is 12.2. The van der Waals surface area contributed by atoms with Gasteiger partial charge in [-0.25, -0.2) is 4.98 Å². The van der Waals surface area contributed by atoms with Crippen LogP contribution in [-0.4, -0.2) is 45.1 Å². The normalized spacial score (nSPS) is 28.0. The van der Waals surface area contributed by atoms with Crippen LogP contribution in [0.15, 0.2) is 15.4 Å². The summed E-state index contributed by atoms with van der Waals surface area (Å²) in [6.45, 7) is 3.09. The highest BCUT2D eigenvalue weighted by molar-refractivity contribution is 7.07. The fourth-order valence-electron chi connectivity index (χ4n) is 3.01. The van der Waals surface area contributed by atoms with Gasteiger partial charge in [0.05, 0.1) is 11.6 Å². The molecule has 8 heteroatoms. The van der Waals surface area contributed by atoms with Gasteiger partial charge in [-0.2, -0.15) is 4.98 Å². The molecule has 4 heterocycles. The summed E-state index contributed by atoms with van der Waals surface area (Å²) in [6, 6.07) is 0. The molecule has 0 N–H and O–H groups in total. The van der Waals surface area contributed by atoms with E-state index < -0.39 is 0 Å². The Kier molecular flexibility index (Phi) is 3.00. The standard InChI is InChI=1S/C13H14N4O3S/c1-7-15-12(20-16-7)10-2-8-3-17(4-11(8)19-10)13(18)9-5-21-6-14-9/h5-6,8,10-11H,2-4H2,1H3/t8-,10-,11+/m0/s1. The van der Waals surface area contributed by atoms with Crippen molar-refractivity contribution in [2.75, 3.05) is 13.1 Å². The maximum Gasteiger partial charge on any atom is 0.273 e. The number of carbonyl (C=O) groups excluding carboxylic acids is 1. The van der Waals surface area contributed by atoms with E-state index in [1.54, 1.807) is 17.8 Å². The Labute approximate surface area is 124 Å². The molecule has 0 spiro atoms. The number of hydrogen-bond donors (Lipinski definition) is 0. The summed E-state index contributed by atoms with van der Waals surface area (Å²) in [4.78, 5) is 22.4. The minimum atomic E-state index is -0.141. The molecule has 1 amide bonds. The molecule has 0 saturated carbocycles. The van der Waals surface area contributed by atoms with Crippen molar-refractivity contribution in [3.05, 3.63) is 28.3 Å². The van der Waals surface area contributed by atoms with E-state index in [9.17, 15) is 4.79 Å². The molecule has 21 heavy (non-hydrogen) atoms. The number of ether oxygens (including phenoxy) is 1. The highest BCUT2D eigenvalue weighted by Crippen LogP contribution is 2.40. The van der Waals surface area contributed by atoms with Gasteiger partial charge in [0, 0.05) is 24.4 Å². The van der Waals surface area contributed by atoms with Gasteiger partial charge in [0.2, 0.25) is 0 Å². The first-order valence-electron chi connectivity index (χ1n) is 6.84. The molecular formula is C13H14N4O3S. The van der Waals surface area contributed by atoms with Crippen LogP contribution in [0, 0.1) is 12.8 Å². The number of thiazole rings is 1. The predicted octanol–water partition coefficient (Wildman–Crippen LogP) is 1.44. The van der Waals surface area contributed by atoms with Crippen LogP contribution in [0.3, 0.4) is 0 Å². The summed E-state index contributed by atoms with van der Waals surface area (Å²) in [7, 11) is 0. The third kappa shape index (κ3) is 2.24. The average Bonchev–Trinajstić information content (AvgIpc) is 3.20. The monoisotopic (exact) mass is 306 g/mol. The van der Waals surface area contributed by atoms with Gasteiger partial charge in [-0.15, -0.1) is 11.3 Å². The molecule has 0 aromatic carbocycles. The third-order valence-electron chi connectivity index (χ3n) is 3.99. The Morgan fingerprint density at radius 3 is 3.05 bits per heavy atom. The highest BCUT2D eigenvalue weighted by atomic mass is 32.1. The van der Waals surface area contributed by atoms with Crippen LogP contribution in [0.4, 0.5) is 0 Å². The third-order valence-corrected chi connectivity index (χ3v) is 4.58. The second-order valence-corrected chi connectivity index (χ2v) is 6.14. The summed E-state index contributed by atoms with van der Waals surface area (Å²) in [6.07, 6.45) is 0.718. The Morgan fingerprint density at radius 2 is 2.38 bits per heavy atom. The van der Waals surface area contributed by atoms with Gasteiger partial charge in [0.1, 0.15) is 11.8 Å². The largest absolute Gasteiger partial charge is 0.363 e. The summed E-state index contributed by atoms with van der Waals surface area (Å²) >= 11 is 1.43. The van der Waals surface area contributed by atoms with Crippen LogP contribution in [0.25, 0.3) is 0 Å². The fraction of sp³-hybridized carbons (Fsp3) is 0.538. The molecule has 2 aliphatic heterocycles. The number of aromatic nitrogens is 3. The number of likely N-dealkylation sites (tertiary alicyclic amines) is 1. The number of carbonyl (C=O) groups is 1. The number of fused-ring (bicyclic) bond motifs is 1. The zero-order valence-electron chi connectivity index (χ0n) is 11.4. The molecular weight excluding hydrogens is 292 g/mol. The lowest BCUT2D eigenvalue weighted by Gasteiger charge is -2.17. The van der Waals surface area contributed by atoms with Crippen molar-refractivity contribution in [2.24, 2.45) is 5.92 Å². The van der Waals surface area contributed by atoms with E-state index in [0.717, 1.165) is 6.42 Å². The summed E-state index contributed by atoms with van der Waals surface area (Å²) in [5.41, 5.74) is 2.19. The average molecular weight is 306 g/mol. The molecule has 110 valence electrons.